The minimum absolute atomic E-state index is 0. The molecular weight excluding hydrogens is 328 g/mol. The number of hydrogen-bond acceptors (Lipinski definition) is 4. The standard InChI is InChI=1S/C5H9F4NO4S2.C2H5F.Li/c1-2-4(3-6)15(11,12)10-16(13,14-9)5(7)8;1-2-3;/h4-5H,2-3H2,1H3;2H2,1H3;/q;;+1. The number of sulfonamides is 1. The van der Waals surface area contributed by atoms with Crippen LogP contribution in [-0.4, -0.2) is 37.0 Å². The Morgan fingerprint density at radius 3 is 1.75 bits per heavy atom. The van der Waals surface area contributed by atoms with E-state index in [2.05, 4.69) is 8.16 Å². The van der Waals surface area contributed by atoms with Gasteiger partial charge in [0.25, 0.3) is 20.0 Å². The molecule has 0 aromatic rings. The molecule has 0 saturated heterocycles. The smallest absolute Gasteiger partial charge is 0.251 e. The van der Waals surface area contributed by atoms with E-state index in [0.29, 0.717) is 0 Å². The second-order valence-electron chi connectivity index (χ2n) is 2.88. The average Bonchev–Trinajstić information content (AvgIpc) is 2.30. The Balaban J connectivity index is -0.000000657. The van der Waals surface area contributed by atoms with Crippen molar-refractivity contribution < 1.29 is 58.0 Å². The second kappa shape index (κ2) is 11.7. The molecule has 0 fully saturated rings. The SMILES string of the molecule is CCC(CF)S(=O)(=O)N=S(=O)(OF)C(F)F.CCF.[Li+]. The Morgan fingerprint density at radius 1 is 1.15 bits per heavy atom. The fourth-order valence-electron chi connectivity index (χ4n) is 0.677. The van der Waals surface area contributed by atoms with Crippen molar-refractivity contribution in [3.05, 3.63) is 0 Å². The van der Waals surface area contributed by atoms with Crippen molar-refractivity contribution >= 4 is 20.0 Å². The van der Waals surface area contributed by atoms with E-state index in [1.807, 2.05) is 0 Å². The first-order chi connectivity index (χ1) is 8.64. The maximum atomic E-state index is 12.2. The first-order valence-electron chi connectivity index (χ1n) is 4.86. The van der Waals surface area contributed by atoms with E-state index in [0.717, 1.165) is 0 Å². The van der Waals surface area contributed by atoms with Gasteiger partial charge in [0.2, 0.25) is 0 Å². The van der Waals surface area contributed by atoms with E-state index in [1.165, 1.54) is 13.8 Å². The van der Waals surface area contributed by atoms with Crippen molar-refractivity contribution in [3.63, 3.8) is 0 Å². The van der Waals surface area contributed by atoms with E-state index in [9.17, 15) is 34.7 Å². The van der Waals surface area contributed by atoms with Crippen LogP contribution in [0.5, 0.6) is 0 Å². The summed E-state index contributed by atoms with van der Waals surface area (Å²) in [5.74, 6) is -3.95. The molecule has 0 saturated carbocycles. The molecule has 0 heterocycles. The molecule has 0 N–H and O–H groups in total. The number of hydrogen-bond donors (Lipinski definition) is 0. The van der Waals surface area contributed by atoms with Crippen molar-refractivity contribution in [1.29, 1.82) is 0 Å². The summed E-state index contributed by atoms with van der Waals surface area (Å²) in [4.78, 5) is 0. The zero-order valence-electron chi connectivity index (χ0n) is 11.1. The van der Waals surface area contributed by atoms with Gasteiger partial charge in [-0.3, -0.25) is 4.39 Å². The third kappa shape index (κ3) is 8.41. The van der Waals surface area contributed by atoms with Crippen LogP contribution in [0.3, 0.4) is 0 Å². The summed E-state index contributed by atoms with van der Waals surface area (Å²) in [6.07, 6.45) is -0.284. The fraction of sp³-hybridized carbons (Fsp3) is 1.00. The number of halogens is 5. The molecule has 118 valence electrons. The zero-order chi connectivity index (χ0) is 15.7. The van der Waals surface area contributed by atoms with Gasteiger partial charge in [-0.2, -0.15) is 8.78 Å². The molecule has 0 aromatic carbocycles. The Morgan fingerprint density at radius 2 is 1.55 bits per heavy atom. The molecule has 0 bridgehead atoms. The predicted octanol–water partition coefficient (Wildman–Crippen LogP) is -0.449. The summed E-state index contributed by atoms with van der Waals surface area (Å²) in [5, 5.41) is -1.75. The summed E-state index contributed by atoms with van der Waals surface area (Å²) < 4.78 is 95.5. The summed E-state index contributed by atoms with van der Waals surface area (Å²) in [6.45, 7) is 1.05. The van der Waals surface area contributed by atoms with Gasteiger partial charge >= 0.3 is 24.6 Å². The van der Waals surface area contributed by atoms with Crippen molar-refractivity contribution in [2.45, 2.75) is 31.3 Å². The molecule has 0 aromatic heterocycles. The first-order valence-corrected chi connectivity index (χ1v) is 7.87. The maximum Gasteiger partial charge on any atom is 1.00 e. The molecule has 0 amide bonds. The van der Waals surface area contributed by atoms with Crippen LogP contribution < -0.4 is 18.9 Å². The van der Waals surface area contributed by atoms with E-state index < -0.39 is 37.7 Å². The minimum Gasteiger partial charge on any atom is -0.251 e. The van der Waals surface area contributed by atoms with Crippen LogP contribution in [0.2, 0.25) is 0 Å². The maximum absolute atomic E-state index is 12.2. The van der Waals surface area contributed by atoms with Gasteiger partial charge in [-0.05, 0) is 17.9 Å². The second-order valence-corrected chi connectivity index (χ2v) is 6.69. The third-order valence-electron chi connectivity index (χ3n) is 1.57. The van der Waals surface area contributed by atoms with Gasteiger partial charge in [-0.25, -0.2) is 17.0 Å². The fourth-order valence-corrected chi connectivity index (χ4v) is 3.31. The van der Waals surface area contributed by atoms with Gasteiger partial charge in [-0.15, -0.1) is 0 Å². The minimum atomic E-state index is -5.30. The molecule has 2 atom stereocenters. The molecule has 0 spiro atoms. The van der Waals surface area contributed by atoms with Crippen LogP contribution in [0.25, 0.3) is 0 Å². The van der Waals surface area contributed by atoms with Gasteiger partial charge < -0.3 is 0 Å². The Kier molecular flexibility index (Phi) is 14.7. The van der Waals surface area contributed by atoms with Crippen molar-refractivity contribution in [2.75, 3.05) is 13.3 Å². The van der Waals surface area contributed by atoms with Crippen molar-refractivity contribution in [1.82, 2.24) is 0 Å². The summed E-state index contributed by atoms with van der Waals surface area (Å²) in [6, 6.07) is 0. The number of alkyl halides is 4. The van der Waals surface area contributed by atoms with Gasteiger partial charge in [-0.1, -0.05) is 15.1 Å². The van der Waals surface area contributed by atoms with Crippen LogP contribution in [0.4, 0.5) is 22.1 Å². The molecule has 2 unspecified atom stereocenters. The topological polar surface area (TPSA) is 72.8 Å². The summed E-state index contributed by atoms with van der Waals surface area (Å²) >= 11 is 0. The van der Waals surface area contributed by atoms with Crippen LogP contribution in [-0.2, 0) is 24.4 Å². The summed E-state index contributed by atoms with van der Waals surface area (Å²) in [7, 11) is -10.1. The largest absolute Gasteiger partial charge is 1.00 e. The normalized spacial score (nSPS) is 15.4. The number of nitrogens with zero attached hydrogens (tertiary/aromatic N) is 1. The van der Waals surface area contributed by atoms with Crippen molar-refractivity contribution in [2.24, 2.45) is 3.77 Å². The molecule has 0 aliphatic heterocycles. The average molecular weight is 342 g/mol. The Bertz CT molecular complexity index is 448. The van der Waals surface area contributed by atoms with Gasteiger partial charge in [0.15, 0.2) is 0 Å². The van der Waals surface area contributed by atoms with Crippen molar-refractivity contribution in [3.8, 4) is 0 Å². The molecule has 0 rings (SSSR count). The predicted molar refractivity (Wildman–Crippen MR) is 59.4 cm³/mol. The van der Waals surface area contributed by atoms with Gasteiger partial charge in [0.1, 0.15) is 11.9 Å². The molecule has 20 heavy (non-hydrogen) atoms. The third-order valence-corrected chi connectivity index (χ3v) is 5.17. The van der Waals surface area contributed by atoms with Crippen LogP contribution >= 0.6 is 0 Å². The summed E-state index contributed by atoms with van der Waals surface area (Å²) in [5.41, 5.74) is 0. The van der Waals surface area contributed by atoms with E-state index >= 15 is 0 Å². The molecule has 5 nitrogen and oxygen atoms in total. The van der Waals surface area contributed by atoms with Gasteiger partial charge in [0.05, 0.1) is 6.67 Å². The molecular formula is C7H14F5LiNO4S2+. The van der Waals surface area contributed by atoms with Crippen LogP contribution in [0.15, 0.2) is 3.77 Å². The quantitative estimate of drug-likeness (QED) is 0.484. The van der Waals surface area contributed by atoms with Crippen LogP contribution in [0.1, 0.15) is 20.3 Å². The Labute approximate surface area is 126 Å². The Hall–Kier alpha value is 0.107. The molecule has 13 heteroatoms. The van der Waals surface area contributed by atoms with Crippen LogP contribution in [0, 0.1) is 0 Å². The zero-order valence-corrected chi connectivity index (χ0v) is 12.7. The first kappa shape index (κ1) is 25.1. The molecule has 0 radical (unpaired) electrons. The van der Waals surface area contributed by atoms with E-state index in [4.69, 9.17) is 0 Å². The van der Waals surface area contributed by atoms with Gasteiger partial charge in [0, 0.05) is 0 Å². The monoisotopic (exact) mass is 342 g/mol. The molecule has 0 aliphatic rings. The molecule has 0 aliphatic carbocycles. The van der Waals surface area contributed by atoms with E-state index in [1.54, 1.807) is 0 Å². The number of rotatable bonds is 6. The van der Waals surface area contributed by atoms with E-state index in [-0.39, 0.29) is 32.0 Å².